The summed E-state index contributed by atoms with van der Waals surface area (Å²) >= 11 is 0. The summed E-state index contributed by atoms with van der Waals surface area (Å²) in [6.07, 6.45) is -8.00. The molecule has 101 valence electrons. The quantitative estimate of drug-likeness (QED) is 0.778. The predicted molar refractivity (Wildman–Crippen MR) is 36.3 cm³/mol. The van der Waals surface area contributed by atoms with Crippen LogP contribution >= 0.6 is 0 Å². The summed E-state index contributed by atoms with van der Waals surface area (Å²) < 4.78 is 109. The Morgan fingerprint density at radius 3 is 1.41 bits per heavy atom. The summed E-state index contributed by atoms with van der Waals surface area (Å²) in [6, 6.07) is 0. The highest BCUT2D eigenvalue weighted by atomic mass is 19.4. The lowest BCUT2D eigenvalue weighted by molar-refractivity contribution is -0.388. The molecule has 0 saturated carbocycles. The van der Waals surface area contributed by atoms with E-state index in [1.54, 1.807) is 0 Å². The molecule has 0 bridgehead atoms. The van der Waals surface area contributed by atoms with Gasteiger partial charge in [-0.3, -0.25) is 0 Å². The molecule has 1 nitrogen and oxygen atoms in total. The summed E-state index contributed by atoms with van der Waals surface area (Å²) in [5.74, 6) is -19.4. The van der Waals surface area contributed by atoms with Crippen LogP contribution in [0.3, 0.4) is 0 Å². The Morgan fingerprint density at radius 1 is 0.706 bits per heavy atom. The molecule has 1 radical (unpaired) electrons. The zero-order valence-electron chi connectivity index (χ0n) is 7.58. The molecule has 0 aromatic heterocycles. The van der Waals surface area contributed by atoms with Gasteiger partial charge < -0.3 is 5.11 Å². The number of hydrogen-bond acceptors (Lipinski definition) is 1. The molecule has 0 fully saturated rings. The average molecular weight is 275 g/mol. The van der Waals surface area contributed by atoms with Crippen molar-refractivity contribution in [1.29, 1.82) is 0 Å². The minimum atomic E-state index is -6.91. The van der Waals surface area contributed by atoms with Gasteiger partial charge in [-0.25, -0.2) is 0 Å². The van der Waals surface area contributed by atoms with E-state index in [1.807, 2.05) is 0 Å². The van der Waals surface area contributed by atoms with Crippen molar-refractivity contribution < 1.29 is 44.6 Å². The number of aliphatic hydroxyl groups excluding tert-OH is 1. The molecule has 0 aromatic rings. The van der Waals surface area contributed by atoms with Crippen LogP contribution in [-0.2, 0) is 0 Å². The van der Waals surface area contributed by atoms with Crippen molar-refractivity contribution in [2.24, 2.45) is 0 Å². The Hall–Kier alpha value is -0.930. The molecule has 17 heavy (non-hydrogen) atoms. The first kappa shape index (κ1) is 16.1. The van der Waals surface area contributed by atoms with Crippen LogP contribution < -0.4 is 0 Å². The van der Waals surface area contributed by atoms with E-state index in [0.29, 0.717) is 0 Å². The van der Waals surface area contributed by atoms with Gasteiger partial charge in [-0.2, -0.15) is 39.5 Å². The zero-order valence-corrected chi connectivity index (χ0v) is 7.58. The van der Waals surface area contributed by atoms with E-state index in [-0.39, 0.29) is 12.7 Å². The molecule has 1 N–H and O–H groups in total. The van der Waals surface area contributed by atoms with Crippen LogP contribution in [0.1, 0.15) is 0 Å². The summed E-state index contributed by atoms with van der Waals surface area (Å²) in [5.41, 5.74) is 0. The molecule has 0 saturated heterocycles. The fraction of sp³-hybridized carbons (Fsp3) is 0.571. The van der Waals surface area contributed by atoms with Gasteiger partial charge in [0, 0.05) is 0 Å². The molecule has 0 amide bonds. The van der Waals surface area contributed by atoms with Gasteiger partial charge in [0.15, 0.2) is 0 Å². The molecule has 0 aliphatic carbocycles. The fourth-order valence-electron chi connectivity index (χ4n) is 0.656. The predicted octanol–water partition coefficient (Wildman–Crippen LogP) is 3.55. The average Bonchev–Trinajstić information content (AvgIpc) is 2.12. The van der Waals surface area contributed by atoms with Crippen LogP contribution in [-0.4, -0.2) is 29.1 Å². The summed E-state index contributed by atoms with van der Waals surface area (Å²) in [4.78, 5) is 0. The van der Waals surface area contributed by atoms with Gasteiger partial charge in [0.2, 0.25) is 0 Å². The van der Waals surface area contributed by atoms with Gasteiger partial charge in [-0.15, -0.1) is 0 Å². The standard InChI is InChI=1S/C7H4F9O/c8-4(9,2-1-3-17)5(10,11)6(12,13)7(14,15)16/h1-3,17H. The molecule has 0 unspecified atom stereocenters. The number of alkyl halides is 9. The first-order valence-corrected chi connectivity index (χ1v) is 3.66. The number of hydrogen-bond donors (Lipinski definition) is 1. The van der Waals surface area contributed by atoms with Crippen molar-refractivity contribution >= 4 is 0 Å². The van der Waals surface area contributed by atoms with E-state index in [1.165, 1.54) is 0 Å². The maximum Gasteiger partial charge on any atom is 0.460 e. The van der Waals surface area contributed by atoms with Gasteiger partial charge in [0.05, 0.1) is 0 Å². The number of halogens is 9. The third-order valence-electron chi connectivity index (χ3n) is 1.56. The Balaban J connectivity index is 5.47. The van der Waals surface area contributed by atoms with Crippen LogP contribution in [0.15, 0.2) is 12.2 Å². The topological polar surface area (TPSA) is 20.2 Å². The summed E-state index contributed by atoms with van der Waals surface area (Å²) in [5, 5.41) is 7.86. The molecule has 0 aliphatic rings. The SMILES string of the molecule is O[CH]C=CC(F)(F)C(F)(F)C(F)(F)C(F)(F)F. The molecule has 0 aromatic carbocycles. The monoisotopic (exact) mass is 275 g/mol. The van der Waals surface area contributed by atoms with Gasteiger partial charge in [0.1, 0.15) is 6.61 Å². The third kappa shape index (κ3) is 2.67. The van der Waals surface area contributed by atoms with E-state index >= 15 is 0 Å². The molecular weight excluding hydrogens is 271 g/mol. The molecule has 0 spiro atoms. The van der Waals surface area contributed by atoms with Crippen molar-refractivity contribution in [3.8, 4) is 0 Å². The van der Waals surface area contributed by atoms with Crippen molar-refractivity contribution in [3.05, 3.63) is 18.8 Å². The first-order valence-electron chi connectivity index (χ1n) is 3.66. The Kier molecular flexibility index (Phi) is 4.15. The Morgan fingerprint density at radius 2 is 1.12 bits per heavy atom. The van der Waals surface area contributed by atoms with Crippen LogP contribution in [0.4, 0.5) is 39.5 Å². The minimum absolute atomic E-state index is 0.194. The molecule has 0 atom stereocenters. The van der Waals surface area contributed by atoms with Gasteiger partial charge in [-0.1, -0.05) is 6.08 Å². The van der Waals surface area contributed by atoms with E-state index < -0.39 is 30.0 Å². The lowest BCUT2D eigenvalue weighted by Crippen LogP contribution is -2.60. The second kappa shape index (κ2) is 4.39. The van der Waals surface area contributed by atoms with Crippen LogP contribution in [0.2, 0.25) is 0 Å². The number of rotatable bonds is 4. The fourth-order valence-corrected chi connectivity index (χ4v) is 0.656. The second-order valence-electron chi connectivity index (χ2n) is 2.78. The molecule has 0 aliphatic heterocycles. The highest BCUT2D eigenvalue weighted by Crippen LogP contribution is 2.53. The van der Waals surface area contributed by atoms with Crippen LogP contribution in [0, 0.1) is 6.61 Å². The maximum atomic E-state index is 12.5. The number of aliphatic hydroxyl groups is 1. The van der Waals surface area contributed by atoms with E-state index in [0.717, 1.165) is 0 Å². The van der Waals surface area contributed by atoms with Crippen LogP contribution in [0.5, 0.6) is 0 Å². The Labute approximate surface area is 88.5 Å². The molecule has 0 heterocycles. The van der Waals surface area contributed by atoms with Crippen molar-refractivity contribution in [3.63, 3.8) is 0 Å². The smallest absolute Gasteiger partial charge is 0.386 e. The van der Waals surface area contributed by atoms with Crippen molar-refractivity contribution in [1.82, 2.24) is 0 Å². The van der Waals surface area contributed by atoms with E-state index in [4.69, 9.17) is 5.11 Å². The van der Waals surface area contributed by atoms with Crippen molar-refractivity contribution in [2.45, 2.75) is 23.9 Å². The van der Waals surface area contributed by atoms with Crippen LogP contribution in [0.25, 0.3) is 0 Å². The highest BCUT2D eigenvalue weighted by Gasteiger charge is 2.81. The highest BCUT2D eigenvalue weighted by molar-refractivity contribution is 5.11. The van der Waals surface area contributed by atoms with E-state index in [9.17, 15) is 39.5 Å². The van der Waals surface area contributed by atoms with Gasteiger partial charge in [0.25, 0.3) is 0 Å². The lowest BCUT2D eigenvalue weighted by Gasteiger charge is -2.32. The minimum Gasteiger partial charge on any atom is -0.386 e. The lowest BCUT2D eigenvalue weighted by atomic mass is 10.0. The summed E-state index contributed by atoms with van der Waals surface area (Å²) in [6.45, 7) is -0.226. The maximum absolute atomic E-state index is 12.5. The third-order valence-corrected chi connectivity index (χ3v) is 1.56. The normalized spacial score (nSPS) is 15.6. The van der Waals surface area contributed by atoms with Crippen molar-refractivity contribution in [2.75, 3.05) is 0 Å². The largest absolute Gasteiger partial charge is 0.460 e. The zero-order chi connectivity index (χ0) is 14.1. The molecule has 0 rings (SSSR count). The number of allylic oxidation sites excluding steroid dienone is 1. The first-order chi connectivity index (χ1) is 7.31. The summed E-state index contributed by atoms with van der Waals surface area (Å²) in [7, 11) is 0. The Bertz CT molecular complexity index is 290. The van der Waals surface area contributed by atoms with E-state index in [2.05, 4.69) is 0 Å². The van der Waals surface area contributed by atoms with Gasteiger partial charge in [-0.05, 0) is 6.08 Å². The second-order valence-corrected chi connectivity index (χ2v) is 2.78. The van der Waals surface area contributed by atoms with Gasteiger partial charge >= 0.3 is 23.9 Å². The molecule has 10 heteroatoms. The molecular formula is C7H4F9O.